The molecular weight excluding hydrogens is 369 g/mol. The Morgan fingerprint density at radius 2 is 1.88 bits per heavy atom. The van der Waals surface area contributed by atoms with Crippen molar-refractivity contribution < 1.29 is 0 Å². The number of hydrogen-bond donors (Lipinski definition) is 1. The zero-order valence-electron chi connectivity index (χ0n) is 14.4. The molecule has 0 radical (unpaired) electrons. The molecule has 0 aliphatic carbocycles. The fourth-order valence-corrected chi connectivity index (χ4v) is 3.51. The highest BCUT2D eigenvalue weighted by Crippen LogP contribution is 2.31. The molecule has 2 aromatic carbocycles. The molecule has 2 heterocycles. The maximum atomic E-state index is 6.45. The van der Waals surface area contributed by atoms with Crippen molar-refractivity contribution >= 4 is 28.9 Å². The summed E-state index contributed by atoms with van der Waals surface area (Å²) in [6.07, 6.45) is 0. The first-order valence-corrected chi connectivity index (χ1v) is 9.07. The number of rotatable bonds is 3. The monoisotopic (exact) mass is 385 g/mol. The highest BCUT2D eigenvalue weighted by molar-refractivity contribution is 6.36. The van der Waals surface area contributed by atoms with Crippen molar-refractivity contribution in [2.24, 2.45) is 4.99 Å². The molecule has 0 saturated heterocycles. The second-order valence-electron chi connectivity index (χ2n) is 6.13. The van der Waals surface area contributed by atoms with Crippen molar-refractivity contribution in [3.8, 4) is 5.69 Å². The van der Waals surface area contributed by atoms with E-state index in [0.29, 0.717) is 16.6 Å². The Balaban J connectivity index is 1.98. The number of halogens is 2. The van der Waals surface area contributed by atoms with E-state index in [1.807, 2.05) is 56.4 Å². The molecule has 7 heteroatoms. The van der Waals surface area contributed by atoms with Gasteiger partial charge in [0, 0.05) is 21.2 Å². The first-order valence-electron chi connectivity index (χ1n) is 8.31. The van der Waals surface area contributed by atoms with Gasteiger partial charge in [-0.2, -0.15) is 0 Å². The smallest absolute Gasteiger partial charge is 0.159 e. The number of benzene rings is 2. The molecule has 1 aromatic heterocycles. The predicted molar refractivity (Wildman–Crippen MR) is 105 cm³/mol. The molecule has 1 aliphatic rings. The van der Waals surface area contributed by atoms with Gasteiger partial charge in [0.15, 0.2) is 11.6 Å². The largest absolute Gasteiger partial charge is 0.311 e. The summed E-state index contributed by atoms with van der Waals surface area (Å²) >= 11 is 12.8. The van der Waals surface area contributed by atoms with Gasteiger partial charge in [-0.1, -0.05) is 41.4 Å². The molecule has 0 spiro atoms. The van der Waals surface area contributed by atoms with E-state index in [-0.39, 0.29) is 6.04 Å². The lowest BCUT2D eigenvalue weighted by Gasteiger charge is -2.16. The predicted octanol–water partition coefficient (Wildman–Crippen LogP) is 4.21. The third-order valence-electron chi connectivity index (χ3n) is 4.54. The van der Waals surface area contributed by atoms with Crippen LogP contribution in [0.1, 0.15) is 35.7 Å². The van der Waals surface area contributed by atoms with Gasteiger partial charge in [-0.05, 0) is 38.2 Å². The van der Waals surface area contributed by atoms with E-state index in [2.05, 4.69) is 20.1 Å². The van der Waals surface area contributed by atoms with Gasteiger partial charge in [0.1, 0.15) is 6.54 Å². The van der Waals surface area contributed by atoms with Gasteiger partial charge in [-0.15, -0.1) is 10.2 Å². The molecular formula is C19H17Cl2N5. The van der Waals surface area contributed by atoms with Crippen LogP contribution in [0.15, 0.2) is 47.5 Å². The summed E-state index contributed by atoms with van der Waals surface area (Å²) in [7, 11) is 1.90. The third kappa shape index (κ3) is 2.82. The molecule has 5 nitrogen and oxygen atoms in total. The summed E-state index contributed by atoms with van der Waals surface area (Å²) < 4.78 is 2.06. The van der Waals surface area contributed by atoms with Gasteiger partial charge in [0.2, 0.25) is 0 Å². The van der Waals surface area contributed by atoms with Gasteiger partial charge in [-0.25, -0.2) is 0 Å². The molecule has 26 heavy (non-hydrogen) atoms. The molecule has 4 rings (SSSR count). The summed E-state index contributed by atoms with van der Waals surface area (Å²) in [6.45, 7) is 2.46. The van der Waals surface area contributed by atoms with Crippen molar-refractivity contribution in [3.05, 3.63) is 75.3 Å². The van der Waals surface area contributed by atoms with Crippen LogP contribution in [0.3, 0.4) is 0 Å². The van der Waals surface area contributed by atoms with Crippen molar-refractivity contribution in [1.82, 2.24) is 20.1 Å². The molecule has 1 atom stereocenters. The summed E-state index contributed by atoms with van der Waals surface area (Å²) in [4.78, 5) is 4.81. The lowest BCUT2D eigenvalue weighted by molar-refractivity contribution is 0.595. The lowest BCUT2D eigenvalue weighted by atomic mass is 10.00. The molecule has 3 aromatic rings. The molecule has 132 valence electrons. The van der Waals surface area contributed by atoms with Crippen LogP contribution >= 0.6 is 23.2 Å². The summed E-state index contributed by atoms with van der Waals surface area (Å²) in [5.74, 6) is 1.62. The minimum absolute atomic E-state index is 0.0432. The summed E-state index contributed by atoms with van der Waals surface area (Å²) in [6, 6.07) is 13.5. The highest BCUT2D eigenvalue weighted by Gasteiger charge is 2.25. The molecule has 1 aliphatic heterocycles. The quantitative estimate of drug-likeness (QED) is 0.734. The SMILES string of the molecule is CNC(C)c1nnc2n1-c1ccc(Cl)cc1C(c1ccccc1Cl)=NC2. The molecule has 0 fully saturated rings. The number of hydrogen-bond acceptors (Lipinski definition) is 4. The van der Waals surface area contributed by atoms with Gasteiger partial charge >= 0.3 is 0 Å². The van der Waals surface area contributed by atoms with Crippen molar-refractivity contribution in [1.29, 1.82) is 0 Å². The minimum atomic E-state index is 0.0432. The number of aliphatic imine (C=N–C) groups is 1. The van der Waals surface area contributed by atoms with Crippen LogP contribution in [0.25, 0.3) is 5.69 Å². The zero-order valence-corrected chi connectivity index (χ0v) is 15.9. The number of fused-ring (bicyclic) bond motifs is 3. The van der Waals surface area contributed by atoms with Crippen LogP contribution in [-0.2, 0) is 6.54 Å². The number of aromatic nitrogens is 3. The fraction of sp³-hybridized carbons (Fsp3) is 0.211. The van der Waals surface area contributed by atoms with Crippen molar-refractivity contribution in [2.45, 2.75) is 19.5 Å². The van der Waals surface area contributed by atoms with Gasteiger partial charge < -0.3 is 5.32 Å². The molecule has 0 amide bonds. The van der Waals surface area contributed by atoms with Crippen LogP contribution in [0.5, 0.6) is 0 Å². The normalized spacial score (nSPS) is 14.2. The van der Waals surface area contributed by atoms with E-state index in [1.165, 1.54) is 0 Å². The Morgan fingerprint density at radius 3 is 2.65 bits per heavy atom. The Morgan fingerprint density at radius 1 is 1.08 bits per heavy atom. The first-order chi connectivity index (χ1) is 12.6. The van der Waals surface area contributed by atoms with E-state index in [4.69, 9.17) is 28.2 Å². The van der Waals surface area contributed by atoms with E-state index < -0.39 is 0 Å². The standard InChI is InChI=1S/C19H17Cl2N5/c1-11(22-2)19-25-24-17-10-23-18(13-5-3-4-6-15(13)21)14-9-12(20)7-8-16(14)26(17)19/h3-9,11,22H,10H2,1-2H3. The molecule has 0 saturated carbocycles. The summed E-state index contributed by atoms with van der Waals surface area (Å²) in [5.41, 5.74) is 3.54. The van der Waals surface area contributed by atoms with Gasteiger partial charge in [0.25, 0.3) is 0 Å². The number of nitrogens with zero attached hydrogens (tertiary/aromatic N) is 4. The lowest BCUT2D eigenvalue weighted by Crippen LogP contribution is -2.18. The van der Waals surface area contributed by atoms with Gasteiger partial charge in [-0.3, -0.25) is 9.56 Å². The average Bonchev–Trinajstić information content (AvgIpc) is 3.00. The van der Waals surface area contributed by atoms with Gasteiger partial charge in [0.05, 0.1) is 17.4 Å². The van der Waals surface area contributed by atoms with Crippen LogP contribution in [-0.4, -0.2) is 27.5 Å². The summed E-state index contributed by atoms with van der Waals surface area (Å²) in [5, 5.41) is 13.2. The topological polar surface area (TPSA) is 55.1 Å². The molecule has 1 N–H and O–H groups in total. The molecule has 0 bridgehead atoms. The van der Waals surface area contributed by atoms with Crippen LogP contribution in [0.2, 0.25) is 10.0 Å². The Labute approximate surface area is 161 Å². The Hall–Kier alpha value is -2.21. The van der Waals surface area contributed by atoms with E-state index in [1.54, 1.807) is 0 Å². The van der Waals surface area contributed by atoms with E-state index >= 15 is 0 Å². The van der Waals surface area contributed by atoms with E-state index in [9.17, 15) is 0 Å². The first kappa shape index (κ1) is 17.2. The molecule has 1 unspecified atom stereocenters. The van der Waals surface area contributed by atoms with Crippen molar-refractivity contribution in [3.63, 3.8) is 0 Å². The third-order valence-corrected chi connectivity index (χ3v) is 5.10. The Kier molecular flexibility index (Phi) is 4.53. The zero-order chi connectivity index (χ0) is 18.3. The average molecular weight is 386 g/mol. The minimum Gasteiger partial charge on any atom is -0.311 e. The van der Waals surface area contributed by atoms with Crippen LogP contribution < -0.4 is 5.32 Å². The van der Waals surface area contributed by atoms with E-state index in [0.717, 1.165) is 34.2 Å². The Bertz CT molecular complexity index is 1010. The second kappa shape index (κ2) is 6.83. The number of nitrogens with one attached hydrogen (secondary N) is 1. The maximum absolute atomic E-state index is 6.45. The maximum Gasteiger partial charge on any atom is 0.159 e. The van der Waals surface area contributed by atoms with Crippen LogP contribution in [0.4, 0.5) is 0 Å². The van der Waals surface area contributed by atoms with Crippen LogP contribution in [0, 0.1) is 0 Å². The second-order valence-corrected chi connectivity index (χ2v) is 6.97. The van der Waals surface area contributed by atoms with Crippen molar-refractivity contribution in [2.75, 3.05) is 7.05 Å². The fourth-order valence-electron chi connectivity index (χ4n) is 3.12. The highest BCUT2D eigenvalue weighted by atomic mass is 35.5.